The summed E-state index contributed by atoms with van der Waals surface area (Å²) in [6.45, 7) is 10.5. The van der Waals surface area contributed by atoms with Gasteiger partial charge >= 0.3 is 0 Å². The number of ether oxygens (including phenoxy) is 1. The van der Waals surface area contributed by atoms with Gasteiger partial charge < -0.3 is 10.1 Å². The molecule has 0 bridgehead atoms. The van der Waals surface area contributed by atoms with E-state index >= 15 is 0 Å². The van der Waals surface area contributed by atoms with Gasteiger partial charge in [0.15, 0.2) is 0 Å². The van der Waals surface area contributed by atoms with Crippen molar-refractivity contribution in [3.63, 3.8) is 0 Å². The zero-order valence-corrected chi connectivity index (χ0v) is 12.5. The molecule has 1 aromatic carbocycles. The number of benzene rings is 1. The molecule has 0 saturated heterocycles. The minimum absolute atomic E-state index is 0.723. The highest BCUT2D eigenvalue weighted by molar-refractivity contribution is 5.28. The van der Waals surface area contributed by atoms with E-state index < -0.39 is 0 Å². The molecule has 1 N–H and O–H groups in total. The van der Waals surface area contributed by atoms with Crippen LogP contribution in [0.5, 0.6) is 5.75 Å². The van der Waals surface area contributed by atoms with E-state index in [1.165, 1.54) is 18.4 Å². The van der Waals surface area contributed by atoms with Gasteiger partial charge in [0.05, 0.1) is 0 Å². The highest BCUT2D eigenvalue weighted by atomic mass is 16.5. The molecule has 2 rings (SSSR count). The summed E-state index contributed by atoms with van der Waals surface area (Å²) in [7, 11) is 0. The first-order valence-corrected chi connectivity index (χ1v) is 7.60. The lowest BCUT2D eigenvalue weighted by Gasteiger charge is -2.18. The summed E-state index contributed by atoms with van der Waals surface area (Å²) in [6, 6.07) is 9.14. The molecule has 0 aromatic heterocycles. The van der Waals surface area contributed by atoms with Gasteiger partial charge in [-0.25, -0.2) is 0 Å². The largest absolute Gasteiger partial charge is 0.492 e. The summed E-state index contributed by atoms with van der Waals surface area (Å²) in [5, 5.41) is 3.53. The first kappa shape index (κ1) is 15.1. The summed E-state index contributed by atoms with van der Waals surface area (Å²) < 4.78 is 5.84. The van der Waals surface area contributed by atoms with E-state index in [9.17, 15) is 0 Å². The molecule has 1 aliphatic carbocycles. The highest BCUT2D eigenvalue weighted by Gasteiger charge is 2.19. The fraction of sp³-hybridized carbons (Fsp3) is 0.529. The van der Waals surface area contributed by atoms with Gasteiger partial charge in [-0.3, -0.25) is 4.90 Å². The predicted molar refractivity (Wildman–Crippen MR) is 84.1 cm³/mol. The molecule has 110 valence electrons. The third kappa shape index (κ3) is 5.35. The van der Waals surface area contributed by atoms with Crippen LogP contribution in [0.15, 0.2) is 36.9 Å². The predicted octanol–water partition coefficient (Wildman–Crippen LogP) is 2.83. The van der Waals surface area contributed by atoms with Gasteiger partial charge in [-0.1, -0.05) is 25.1 Å². The normalized spacial score (nSPS) is 14.5. The van der Waals surface area contributed by atoms with E-state index in [2.05, 4.69) is 41.9 Å². The van der Waals surface area contributed by atoms with Crippen molar-refractivity contribution in [2.75, 3.05) is 26.2 Å². The number of rotatable bonds is 10. The molecule has 0 unspecified atom stereocenters. The number of likely N-dealkylation sites (N-methyl/N-ethyl adjacent to an activating group) is 1. The minimum atomic E-state index is 0.723. The van der Waals surface area contributed by atoms with Crippen LogP contribution >= 0.6 is 0 Å². The second-order valence-corrected chi connectivity index (χ2v) is 5.33. The first-order valence-electron chi connectivity index (χ1n) is 7.60. The van der Waals surface area contributed by atoms with Gasteiger partial charge in [0.2, 0.25) is 0 Å². The van der Waals surface area contributed by atoms with Crippen molar-refractivity contribution in [3.8, 4) is 5.75 Å². The number of nitrogens with zero attached hydrogens (tertiary/aromatic N) is 1. The Bertz CT molecular complexity index is 415. The minimum Gasteiger partial charge on any atom is -0.492 e. The molecule has 3 nitrogen and oxygen atoms in total. The lowest BCUT2D eigenvalue weighted by molar-refractivity contribution is 0.229. The van der Waals surface area contributed by atoms with Crippen LogP contribution in [-0.4, -0.2) is 37.2 Å². The lowest BCUT2D eigenvalue weighted by atomic mass is 10.2. The summed E-state index contributed by atoms with van der Waals surface area (Å²) in [4.78, 5) is 2.31. The lowest BCUT2D eigenvalue weighted by Crippen LogP contribution is -2.28. The number of nitrogens with one attached hydrogen (secondary N) is 1. The Morgan fingerprint density at radius 2 is 2.30 bits per heavy atom. The highest BCUT2D eigenvalue weighted by Crippen LogP contribution is 2.20. The molecule has 0 atom stereocenters. The average Bonchev–Trinajstić information content (AvgIpc) is 3.29. The molecule has 1 aliphatic rings. The first-order chi connectivity index (χ1) is 9.81. The van der Waals surface area contributed by atoms with Gasteiger partial charge in [-0.05, 0) is 37.1 Å². The Balaban J connectivity index is 1.73. The van der Waals surface area contributed by atoms with E-state index in [1.807, 2.05) is 12.1 Å². The molecule has 0 radical (unpaired) electrons. The van der Waals surface area contributed by atoms with E-state index in [0.29, 0.717) is 0 Å². The standard InChI is InChI=1S/C17H26N2O/c1-3-10-19(4-2)11-12-20-17-7-5-6-15(13-17)14-18-16-8-9-16/h3,5-7,13,16,18H,1,4,8-12,14H2,2H3. The maximum Gasteiger partial charge on any atom is 0.119 e. The van der Waals surface area contributed by atoms with Crippen molar-refractivity contribution in [2.45, 2.75) is 32.4 Å². The van der Waals surface area contributed by atoms with Crippen molar-refractivity contribution < 1.29 is 4.74 Å². The fourth-order valence-corrected chi connectivity index (χ4v) is 2.15. The van der Waals surface area contributed by atoms with Gasteiger partial charge in [0, 0.05) is 25.7 Å². The molecule has 1 aromatic rings. The summed E-state index contributed by atoms with van der Waals surface area (Å²) in [6.07, 6.45) is 4.59. The Labute approximate surface area is 122 Å². The van der Waals surface area contributed by atoms with Crippen molar-refractivity contribution in [1.82, 2.24) is 10.2 Å². The number of hydrogen-bond acceptors (Lipinski definition) is 3. The van der Waals surface area contributed by atoms with Crippen molar-refractivity contribution in [3.05, 3.63) is 42.5 Å². The molecule has 0 aliphatic heterocycles. The molecular formula is C17H26N2O. The van der Waals surface area contributed by atoms with Crippen molar-refractivity contribution in [1.29, 1.82) is 0 Å². The average molecular weight is 274 g/mol. The van der Waals surface area contributed by atoms with Crippen LogP contribution in [-0.2, 0) is 6.54 Å². The van der Waals surface area contributed by atoms with Gasteiger partial charge in [-0.2, -0.15) is 0 Å². The zero-order valence-electron chi connectivity index (χ0n) is 12.5. The van der Waals surface area contributed by atoms with E-state index in [1.54, 1.807) is 0 Å². The smallest absolute Gasteiger partial charge is 0.119 e. The second kappa shape index (κ2) is 8.08. The van der Waals surface area contributed by atoms with E-state index in [-0.39, 0.29) is 0 Å². The molecule has 20 heavy (non-hydrogen) atoms. The maximum atomic E-state index is 5.84. The van der Waals surface area contributed by atoms with Gasteiger partial charge in [0.1, 0.15) is 12.4 Å². The zero-order chi connectivity index (χ0) is 14.2. The van der Waals surface area contributed by atoms with E-state index in [4.69, 9.17) is 4.74 Å². The Hall–Kier alpha value is -1.32. The van der Waals surface area contributed by atoms with E-state index in [0.717, 1.165) is 44.6 Å². The fourth-order valence-electron chi connectivity index (χ4n) is 2.15. The summed E-state index contributed by atoms with van der Waals surface area (Å²) >= 11 is 0. The maximum absolute atomic E-state index is 5.84. The van der Waals surface area contributed by atoms with Crippen molar-refractivity contribution >= 4 is 0 Å². The van der Waals surface area contributed by atoms with Crippen LogP contribution in [0, 0.1) is 0 Å². The topological polar surface area (TPSA) is 24.5 Å². The summed E-state index contributed by atoms with van der Waals surface area (Å²) in [5.41, 5.74) is 1.30. The Kier molecular flexibility index (Phi) is 6.09. The van der Waals surface area contributed by atoms with Crippen LogP contribution in [0.3, 0.4) is 0 Å². The van der Waals surface area contributed by atoms with Gasteiger partial charge in [0.25, 0.3) is 0 Å². The monoisotopic (exact) mass is 274 g/mol. The van der Waals surface area contributed by atoms with Crippen LogP contribution in [0.4, 0.5) is 0 Å². The third-order valence-electron chi connectivity index (χ3n) is 3.58. The SMILES string of the molecule is C=CCN(CC)CCOc1cccc(CNC2CC2)c1. The quantitative estimate of drug-likeness (QED) is 0.664. The molecule has 0 spiro atoms. The third-order valence-corrected chi connectivity index (χ3v) is 3.58. The van der Waals surface area contributed by atoms with Gasteiger partial charge in [-0.15, -0.1) is 6.58 Å². The summed E-state index contributed by atoms with van der Waals surface area (Å²) in [5.74, 6) is 0.967. The molecule has 1 fully saturated rings. The molecule has 1 saturated carbocycles. The van der Waals surface area contributed by atoms with Crippen LogP contribution in [0.2, 0.25) is 0 Å². The van der Waals surface area contributed by atoms with Crippen LogP contribution in [0.1, 0.15) is 25.3 Å². The Morgan fingerprint density at radius 1 is 1.45 bits per heavy atom. The van der Waals surface area contributed by atoms with Crippen LogP contribution in [0.25, 0.3) is 0 Å². The molecular weight excluding hydrogens is 248 g/mol. The number of hydrogen-bond donors (Lipinski definition) is 1. The Morgan fingerprint density at radius 3 is 3.00 bits per heavy atom. The molecule has 3 heteroatoms. The van der Waals surface area contributed by atoms with Crippen molar-refractivity contribution in [2.24, 2.45) is 0 Å². The molecule has 0 heterocycles. The van der Waals surface area contributed by atoms with Crippen LogP contribution < -0.4 is 10.1 Å². The second-order valence-electron chi connectivity index (χ2n) is 5.33. The molecule has 0 amide bonds.